The van der Waals surface area contributed by atoms with Crippen LogP contribution < -0.4 is 4.90 Å². The summed E-state index contributed by atoms with van der Waals surface area (Å²) in [4.78, 5) is 20.3. The van der Waals surface area contributed by atoms with E-state index in [1.807, 2.05) is 0 Å². The number of hydrogen-bond donors (Lipinski definition) is 1. The molecule has 1 aromatic rings. The monoisotopic (exact) mass is 195 g/mol. The molecule has 1 atom stereocenters. The van der Waals surface area contributed by atoms with Crippen LogP contribution in [0.25, 0.3) is 0 Å². The van der Waals surface area contributed by atoms with Crippen LogP contribution in [-0.2, 0) is 4.79 Å². The van der Waals surface area contributed by atoms with Crippen LogP contribution in [0.5, 0.6) is 0 Å². The van der Waals surface area contributed by atoms with E-state index in [-0.39, 0.29) is 0 Å². The normalized spacial score (nSPS) is 12.1. The van der Waals surface area contributed by atoms with Crippen molar-refractivity contribution in [2.75, 3.05) is 18.5 Å². The van der Waals surface area contributed by atoms with Gasteiger partial charge in [0.25, 0.3) is 0 Å². The first kappa shape index (κ1) is 10.4. The van der Waals surface area contributed by atoms with Gasteiger partial charge in [-0.15, -0.1) is 0 Å². The standard InChI is InChI=1S/C9H13N3O2/c1-7(9(13)14)6-12(2)8-5-10-3-4-11-8/h3-5,7H,6H2,1-2H3,(H,13,14). The van der Waals surface area contributed by atoms with Gasteiger partial charge >= 0.3 is 5.97 Å². The Morgan fingerprint density at radius 2 is 2.36 bits per heavy atom. The molecule has 76 valence electrons. The summed E-state index contributed by atoms with van der Waals surface area (Å²) in [5, 5.41) is 8.72. The lowest BCUT2D eigenvalue weighted by atomic mass is 10.2. The van der Waals surface area contributed by atoms with Gasteiger partial charge in [0.2, 0.25) is 0 Å². The van der Waals surface area contributed by atoms with Gasteiger partial charge < -0.3 is 10.0 Å². The second-order valence-electron chi connectivity index (χ2n) is 3.18. The minimum Gasteiger partial charge on any atom is -0.481 e. The van der Waals surface area contributed by atoms with Gasteiger partial charge in [-0.2, -0.15) is 0 Å². The van der Waals surface area contributed by atoms with Crippen LogP contribution >= 0.6 is 0 Å². The Morgan fingerprint density at radius 3 is 2.86 bits per heavy atom. The molecule has 0 spiro atoms. The second kappa shape index (κ2) is 4.55. The van der Waals surface area contributed by atoms with Gasteiger partial charge in [-0.3, -0.25) is 9.78 Å². The predicted octanol–water partition coefficient (Wildman–Crippen LogP) is 0.633. The fraction of sp³-hybridized carbons (Fsp3) is 0.444. The molecule has 0 aliphatic carbocycles. The average molecular weight is 195 g/mol. The molecule has 0 bridgehead atoms. The Labute approximate surface area is 82.4 Å². The molecule has 0 aromatic carbocycles. The van der Waals surface area contributed by atoms with Gasteiger partial charge in [0.1, 0.15) is 5.82 Å². The molecule has 0 saturated heterocycles. The topological polar surface area (TPSA) is 66.3 Å². The first-order valence-electron chi connectivity index (χ1n) is 4.31. The molecule has 1 unspecified atom stereocenters. The van der Waals surface area contributed by atoms with Crippen molar-refractivity contribution in [3.8, 4) is 0 Å². The fourth-order valence-corrected chi connectivity index (χ4v) is 1.07. The summed E-state index contributed by atoms with van der Waals surface area (Å²) < 4.78 is 0. The Kier molecular flexibility index (Phi) is 3.39. The minimum atomic E-state index is -0.805. The highest BCUT2D eigenvalue weighted by molar-refractivity contribution is 5.70. The molecular formula is C9H13N3O2. The predicted molar refractivity (Wildman–Crippen MR) is 52.1 cm³/mol. The molecule has 1 rings (SSSR count). The van der Waals surface area contributed by atoms with Gasteiger partial charge in [0.05, 0.1) is 12.1 Å². The first-order valence-corrected chi connectivity index (χ1v) is 4.31. The lowest BCUT2D eigenvalue weighted by Gasteiger charge is -2.19. The summed E-state index contributed by atoms with van der Waals surface area (Å²) in [6.07, 6.45) is 4.77. The Balaban J connectivity index is 2.59. The molecule has 1 N–H and O–H groups in total. The van der Waals surface area contributed by atoms with Crippen LogP contribution in [0.2, 0.25) is 0 Å². The molecule has 5 nitrogen and oxygen atoms in total. The number of anilines is 1. The largest absolute Gasteiger partial charge is 0.481 e. The number of nitrogens with zero attached hydrogens (tertiary/aromatic N) is 3. The molecular weight excluding hydrogens is 182 g/mol. The van der Waals surface area contributed by atoms with Gasteiger partial charge in [-0.1, -0.05) is 6.92 Å². The Bertz CT molecular complexity index is 302. The van der Waals surface area contributed by atoms with Crippen molar-refractivity contribution in [3.05, 3.63) is 18.6 Å². The number of carboxylic acids is 1. The maximum atomic E-state index is 10.6. The summed E-state index contributed by atoms with van der Waals surface area (Å²) in [6.45, 7) is 2.09. The van der Waals surface area contributed by atoms with Crippen molar-refractivity contribution in [1.29, 1.82) is 0 Å². The van der Waals surface area contributed by atoms with Crippen molar-refractivity contribution in [2.24, 2.45) is 5.92 Å². The van der Waals surface area contributed by atoms with Crippen LogP contribution in [0.4, 0.5) is 5.82 Å². The third-order valence-electron chi connectivity index (χ3n) is 1.91. The third kappa shape index (κ3) is 2.69. The number of rotatable bonds is 4. The van der Waals surface area contributed by atoms with E-state index in [0.717, 1.165) is 0 Å². The number of aliphatic carboxylic acids is 1. The molecule has 0 aliphatic rings. The number of carboxylic acid groups (broad SMARTS) is 1. The van der Waals surface area contributed by atoms with Crippen LogP contribution in [-0.4, -0.2) is 34.6 Å². The van der Waals surface area contributed by atoms with Crippen LogP contribution in [0.15, 0.2) is 18.6 Å². The number of aromatic nitrogens is 2. The minimum absolute atomic E-state index is 0.415. The van der Waals surface area contributed by atoms with E-state index in [2.05, 4.69) is 9.97 Å². The fourth-order valence-electron chi connectivity index (χ4n) is 1.07. The molecule has 0 amide bonds. The highest BCUT2D eigenvalue weighted by atomic mass is 16.4. The average Bonchev–Trinajstić information content (AvgIpc) is 2.19. The van der Waals surface area contributed by atoms with E-state index in [1.54, 1.807) is 37.5 Å². The van der Waals surface area contributed by atoms with E-state index in [4.69, 9.17) is 5.11 Å². The van der Waals surface area contributed by atoms with E-state index < -0.39 is 11.9 Å². The lowest BCUT2D eigenvalue weighted by molar-refractivity contribution is -0.140. The van der Waals surface area contributed by atoms with Crippen molar-refractivity contribution in [3.63, 3.8) is 0 Å². The van der Waals surface area contributed by atoms with Crippen molar-refractivity contribution < 1.29 is 9.90 Å². The molecule has 1 heterocycles. The number of hydrogen-bond acceptors (Lipinski definition) is 4. The maximum Gasteiger partial charge on any atom is 0.308 e. The zero-order chi connectivity index (χ0) is 10.6. The summed E-state index contributed by atoms with van der Waals surface area (Å²) in [6, 6.07) is 0. The molecule has 0 aliphatic heterocycles. The number of carbonyl (C=O) groups is 1. The zero-order valence-corrected chi connectivity index (χ0v) is 8.21. The summed E-state index contributed by atoms with van der Waals surface area (Å²) in [5.74, 6) is -0.539. The molecule has 14 heavy (non-hydrogen) atoms. The van der Waals surface area contributed by atoms with Crippen LogP contribution in [0, 0.1) is 5.92 Å². The van der Waals surface area contributed by atoms with Crippen molar-refractivity contribution in [1.82, 2.24) is 9.97 Å². The Hall–Kier alpha value is -1.65. The van der Waals surface area contributed by atoms with Crippen molar-refractivity contribution >= 4 is 11.8 Å². The van der Waals surface area contributed by atoms with Crippen LogP contribution in [0.3, 0.4) is 0 Å². The quantitative estimate of drug-likeness (QED) is 0.763. The molecule has 0 saturated carbocycles. The van der Waals surface area contributed by atoms with Gasteiger partial charge in [-0.05, 0) is 0 Å². The van der Waals surface area contributed by atoms with E-state index in [9.17, 15) is 4.79 Å². The second-order valence-corrected chi connectivity index (χ2v) is 3.18. The summed E-state index contributed by atoms with van der Waals surface area (Å²) in [7, 11) is 1.80. The summed E-state index contributed by atoms with van der Waals surface area (Å²) >= 11 is 0. The molecule has 1 aromatic heterocycles. The first-order chi connectivity index (χ1) is 6.61. The summed E-state index contributed by atoms with van der Waals surface area (Å²) in [5.41, 5.74) is 0. The zero-order valence-electron chi connectivity index (χ0n) is 8.21. The maximum absolute atomic E-state index is 10.6. The molecule has 0 radical (unpaired) electrons. The van der Waals surface area contributed by atoms with E-state index in [0.29, 0.717) is 12.4 Å². The SMILES string of the molecule is CC(CN(C)c1cnccn1)C(=O)O. The highest BCUT2D eigenvalue weighted by Gasteiger charge is 2.14. The van der Waals surface area contributed by atoms with E-state index >= 15 is 0 Å². The highest BCUT2D eigenvalue weighted by Crippen LogP contribution is 2.07. The van der Waals surface area contributed by atoms with Crippen LogP contribution in [0.1, 0.15) is 6.92 Å². The van der Waals surface area contributed by atoms with Gasteiger partial charge in [0.15, 0.2) is 0 Å². The Morgan fingerprint density at radius 1 is 1.64 bits per heavy atom. The van der Waals surface area contributed by atoms with Gasteiger partial charge in [0, 0.05) is 26.0 Å². The van der Waals surface area contributed by atoms with Crippen molar-refractivity contribution in [2.45, 2.75) is 6.92 Å². The lowest BCUT2D eigenvalue weighted by Crippen LogP contribution is -2.28. The third-order valence-corrected chi connectivity index (χ3v) is 1.91. The molecule has 5 heteroatoms. The smallest absolute Gasteiger partial charge is 0.308 e. The molecule has 0 fully saturated rings. The van der Waals surface area contributed by atoms with Gasteiger partial charge in [-0.25, -0.2) is 4.98 Å². The van der Waals surface area contributed by atoms with E-state index in [1.165, 1.54) is 0 Å².